The number of halogens is 1. The van der Waals surface area contributed by atoms with Gasteiger partial charge in [-0.05, 0) is 12.1 Å². The zero-order valence-electron chi connectivity index (χ0n) is 7.53. The number of nitro groups is 1. The van der Waals surface area contributed by atoms with Crippen molar-refractivity contribution < 1.29 is 4.92 Å². The van der Waals surface area contributed by atoms with Gasteiger partial charge in [-0.1, -0.05) is 23.4 Å². The van der Waals surface area contributed by atoms with Crippen molar-refractivity contribution in [3.63, 3.8) is 0 Å². The Morgan fingerprint density at radius 2 is 2.27 bits per heavy atom. The Labute approximate surface area is 91.2 Å². The van der Waals surface area contributed by atoms with Gasteiger partial charge in [-0.3, -0.25) is 10.1 Å². The predicted octanol–water partition coefficient (Wildman–Crippen LogP) is 2.51. The van der Waals surface area contributed by atoms with Gasteiger partial charge in [0.15, 0.2) is 0 Å². The number of nitrogens with zero attached hydrogens (tertiary/aromatic N) is 2. The molecule has 0 saturated heterocycles. The lowest BCUT2D eigenvalue weighted by Gasteiger charge is -1.95. The van der Waals surface area contributed by atoms with Crippen LogP contribution in [0.15, 0.2) is 18.2 Å². The molecule has 0 unspecified atom stereocenters. The van der Waals surface area contributed by atoms with Gasteiger partial charge in [0.2, 0.25) is 0 Å². The second kappa shape index (κ2) is 4.99. The topological polar surface area (TPSA) is 66.9 Å². The highest BCUT2D eigenvalue weighted by Gasteiger charge is 2.11. The quantitative estimate of drug-likeness (QED) is 0.415. The highest BCUT2D eigenvalue weighted by Crippen LogP contribution is 2.21. The third kappa shape index (κ3) is 2.98. The minimum atomic E-state index is -0.535. The molecule has 1 aromatic rings. The average Bonchev–Trinajstić information content (AvgIpc) is 2.18. The van der Waals surface area contributed by atoms with E-state index in [1.54, 1.807) is 0 Å². The second-order valence-electron chi connectivity index (χ2n) is 2.56. The molecule has 5 heteroatoms. The monoisotopic (exact) mass is 220 g/mol. The van der Waals surface area contributed by atoms with E-state index in [1.165, 1.54) is 18.2 Å². The zero-order valence-corrected chi connectivity index (χ0v) is 8.28. The molecule has 0 aliphatic heterocycles. The smallest absolute Gasteiger partial charge is 0.258 e. The van der Waals surface area contributed by atoms with Crippen molar-refractivity contribution >= 4 is 17.3 Å². The summed E-state index contributed by atoms with van der Waals surface area (Å²) in [6.07, 6.45) is 0.0314. The molecule has 0 fully saturated rings. The molecule has 0 bridgehead atoms. The number of hydrogen-bond acceptors (Lipinski definition) is 3. The Kier molecular flexibility index (Phi) is 3.68. The summed E-state index contributed by atoms with van der Waals surface area (Å²) >= 11 is 5.68. The van der Waals surface area contributed by atoms with E-state index in [9.17, 15) is 10.1 Å². The lowest BCUT2D eigenvalue weighted by molar-refractivity contribution is -0.385. The highest BCUT2D eigenvalue weighted by atomic mass is 35.5. The van der Waals surface area contributed by atoms with Crippen LogP contribution in [0, 0.1) is 33.3 Å². The molecule has 0 N–H and O–H groups in total. The van der Waals surface area contributed by atoms with E-state index in [4.69, 9.17) is 16.9 Å². The fourth-order valence-corrected chi connectivity index (χ4v) is 1.12. The molecule has 0 atom stereocenters. The molecule has 0 aromatic heterocycles. The maximum absolute atomic E-state index is 10.6. The average molecular weight is 221 g/mol. The van der Waals surface area contributed by atoms with E-state index in [-0.39, 0.29) is 17.7 Å². The summed E-state index contributed by atoms with van der Waals surface area (Å²) in [7, 11) is 0. The van der Waals surface area contributed by atoms with Gasteiger partial charge in [0.25, 0.3) is 5.69 Å². The maximum Gasteiger partial charge on any atom is 0.285 e. The van der Waals surface area contributed by atoms with Crippen LogP contribution in [-0.4, -0.2) is 4.92 Å². The lowest BCUT2D eigenvalue weighted by atomic mass is 10.2. The molecule has 4 nitrogen and oxygen atoms in total. The maximum atomic E-state index is 10.6. The van der Waals surface area contributed by atoms with Crippen molar-refractivity contribution in [3.8, 4) is 17.9 Å². The van der Waals surface area contributed by atoms with E-state index in [0.29, 0.717) is 5.02 Å². The van der Waals surface area contributed by atoms with Gasteiger partial charge in [-0.25, -0.2) is 0 Å². The van der Waals surface area contributed by atoms with Gasteiger partial charge in [0.05, 0.1) is 17.4 Å². The van der Waals surface area contributed by atoms with Gasteiger partial charge in [-0.2, -0.15) is 5.26 Å². The molecule has 0 amide bonds. The Bertz CT molecular complexity index is 494. The van der Waals surface area contributed by atoms with E-state index >= 15 is 0 Å². The van der Waals surface area contributed by atoms with Crippen LogP contribution in [-0.2, 0) is 0 Å². The van der Waals surface area contributed by atoms with E-state index in [0.717, 1.165) is 0 Å². The van der Waals surface area contributed by atoms with Gasteiger partial charge >= 0.3 is 0 Å². The molecule has 74 valence electrons. The third-order valence-corrected chi connectivity index (χ3v) is 1.78. The largest absolute Gasteiger partial charge is 0.285 e. The molecule has 0 heterocycles. The standard InChI is InChI=1S/C10H5ClN2O2/c11-9-4-5-10(13(14)15)8(7-9)3-1-2-6-12/h4-5,7H,2H2. The Hall–Kier alpha value is -2.04. The number of hydrogen-bond donors (Lipinski definition) is 0. The zero-order chi connectivity index (χ0) is 11.3. The van der Waals surface area contributed by atoms with E-state index in [1.807, 2.05) is 6.07 Å². The molecule has 0 spiro atoms. The molecule has 0 aliphatic carbocycles. The van der Waals surface area contributed by atoms with Crippen LogP contribution in [0.3, 0.4) is 0 Å². The Morgan fingerprint density at radius 1 is 1.53 bits per heavy atom. The van der Waals surface area contributed by atoms with E-state index in [2.05, 4.69) is 11.8 Å². The SMILES string of the molecule is N#CCC#Cc1cc(Cl)ccc1[N+](=O)[O-]. The van der Waals surface area contributed by atoms with Crippen molar-refractivity contribution in [1.29, 1.82) is 5.26 Å². The fourth-order valence-electron chi connectivity index (χ4n) is 0.947. The number of benzene rings is 1. The van der Waals surface area contributed by atoms with E-state index < -0.39 is 4.92 Å². The molecular weight excluding hydrogens is 216 g/mol. The summed E-state index contributed by atoms with van der Waals surface area (Å²) in [5, 5.41) is 19.2. The van der Waals surface area contributed by atoms with Crippen LogP contribution in [0.5, 0.6) is 0 Å². The second-order valence-corrected chi connectivity index (χ2v) is 2.99. The number of nitriles is 1. The third-order valence-electron chi connectivity index (χ3n) is 1.55. The number of rotatable bonds is 1. The van der Waals surface area contributed by atoms with Crippen molar-refractivity contribution in [2.24, 2.45) is 0 Å². The summed E-state index contributed by atoms with van der Waals surface area (Å²) < 4.78 is 0. The van der Waals surface area contributed by atoms with Crippen molar-refractivity contribution in [1.82, 2.24) is 0 Å². The minimum absolute atomic E-state index is 0.0314. The Balaban J connectivity index is 3.16. The first-order chi connectivity index (χ1) is 7.15. The van der Waals surface area contributed by atoms with Crippen LogP contribution >= 0.6 is 11.6 Å². The molecule has 0 radical (unpaired) electrons. The molecule has 1 rings (SSSR count). The molecule has 0 saturated carbocycles. The van der Waals surface area contributed by atoms with Crippen molar-refractivity contribution in [2.45, 2.75) is 6.42 Å². The lowest BCUT2D eigenvalue weighted by Crippen LogP contribution is -1.91. The number of nitro benzene ring substituents is 1. The first kappa shape index (κ1) is 11.0. The fraction of sp³-hybridized carbons (Fsp3) is 0.100. The summed E-state index contributed by atoms with van der Waals surface area (Å²) in [5.74, 6) is 5.04. The molecule has 1 aromatic carbocycles. The van der Waals surface area contributed by atoms with Gasteiger partial charge in [0.1, 0.15) is 5.56 Å². The van der Waals surface area contributed by atoms with Crippen molar-refractivity contribution in [2.75, 3.05) is 0 Å². The summed E-state index contributed by atoms with van der Waals surface area (Å²) in [4.78, 5) is 10.1. The van der Waals surface area contributed by atoms with Gasteiger partial charge < -0.3 is 0 Å². The molecule has 0 aliphatic rings. The first-order valence-corrected chi connectivity index (χ1v) is 4.32. The normalized spacial score (nSPS) is 8.53. The van der Waals surface area contributed by atoms with Crippen molar-refractivity contribution in [3.05, 3.63) is 38.9 Å². The summed E-state index contributed by atoms with van der Waals surface area (Å²) in [6, 6.07) is 5.95. The summed E-state index contributed by atoms with van der Waals surface area (Å²) in [6.45, 7) is 0. The first-order valence-electron chi connectivity index (χ1n) is 3.95. The van der Waals surface area contributed by atoms with Gasteiger partial charge in [-0.15, -0.1) is 0 Å². The van der Waals surface area contributed by atoms with Crippen LogP contribution in [0.4, 0.5) is 5.69 Å². The van der Waals surface area contributed by atoms with Crippen LogP contribution < -0.4 is 0 Å². The highest BCUT2D eigenvalue weighted by molar-refractivity contribution is 6.30. The van der Waals surface area contributed by atoms with Crippen LogP contribution in [0.2, 0.25) is 5.02 Å². The Morgan fingerprint density at radius 3 is 2.87 bits per heavy atom. The predicted molar refractivity (Wildman–Crippen MR) is 55.2 cm³/mol. The summed E-state index contributed by atoms with van der Waals surface area (Å²) in [5.41, 5.74) is 0.118. The van der Waals surface area contributed by atoms with Crippen LogP contribution in [0.1, 0.15) is 12.0 Å². The van der Waals surface area contributed by atoms with Gasteiger partial charge in [0, 0.05) is 11.1 Å². The van der Waals surface area contributed by atoms with Crippen LogP contribution in [0.25, 0.3) is 0 Å². The molecular formula is C10H5ClN2O2. The minimum Gasteiger partial charge on any atom is -0.258 e. The molecule has 15 heavy (non-hydrogen) atoms.